The van der Waals surface area contributed by atoms with E-state index in [-0.39, 0.29) is 17.2 Å². The van der Waals surface area contributed by atoms with Gasteiger partial charge in [0.15, 0.2) is 0 Å². The molecule has 3 N–H and O–H groups in total. The van der Waals surface area contributed by atoms with Gasteiger partial charge in [0.2, 0.25) is 5.90 Å². The summed E-state index contributed by atoms with van der Waals surface area (Å²) in [6.45, 7) is 4.99. The van der Waals surface area contributed by atoms with E-state index in [1.807, 2.05) is 38.1 Å². The molecule has 0 amide bonds. The first kappa shape index (κ1) is 24.1. The average Bonchev–Trinajstić information content (AvgIpc) is 3.43. The quantitative estimate of drug-likeness (QED) is 0.380. The molecule has 3 heterocycles. The molecule has 34 heavy (non-hydrogen) atoms. The Morgan fingerprint density at radius 2 is 1.88 bits per heavy atom. The van der Waals surface area contributed by atoms with Crippen molar-refractivity contribution in [3.8, 4) is 28.5 Å². The second-order valence-corrected chi connectivity index (χ2v) is 10.3. The molecule has 0 bridgehead atoms. The molecular weight excluding hydrogens is 458 g/mol. The molecule has 2 aromatic heterocycles. The maximum atomic E-state index is 9.78. The molecule has 1 aromatic carbocycles. The van der Waals surface area contributed by atoms with Crippen LogP contribution in [0.1, 0.15) is 19.5 Å². The topological polar surface area (TPSA) is 118 Å². The number of H-pyrrole nitrogens is 1. The molecule has 2 atom stereocenters. The molecule has 0 unspecified atom stereocenters. The van der Waals surface area contributed by atoms with Crippen LogP contribution in [0.4, 0.5) is 0 Å². The molecule has 0 saturated carbocycles. The van der Waals surface area contributed by atoms with Gasteiger partial charge in [-0.3, -0.25) is 9.11 Å². The number of aromatic amines is 1. The minimum atomic E-state index is -2.89. The van der Waals surface area contributed by atoms with Crippen molar-refractivity contribution in [3.63, 3.8) is 0 Å². The fourth-order valence-electron chi connectivity index (χ4n) is 3.46. The lowest BCUT2D eigenvalue weighted by molar-refractivity contribution is 0.0920. The first-order valence-electron chi connectivity index (χ1n) is 10.8. The normalized spacial score (nSPS) is 17.1. The summed E-state index contributed by atoms with van der Waals surface area (Å²) < 4.78 is 42.6. The van der Waals surface area contributed by atoms with Gasteiger partial charge in [0.1, 0.15) is 40.2 Å². The zero-order chi connectivity index (χ0) is 24.3. The number of benzene rings is 1. The van der Waals surface area contributed by atoms with Crippen molar-refractivity contribution in [2.45, 2.75) is 31.1 Å². The lowest BCUT2D eigenvalue weighted by Crippen LogP contribution is -2.17. The van der Waals surface area contributed by atoms with Gasteiger partial charge in [-0.2, -0.15) is 10.6 Å². The Hall–Kier alpha value is -3.05. The maximum absolute atomic E-state index is 9.78. The van der Waals surface area contributed by atoms with E-state index in [9.17, 15) is 9.11 Å². The van der Waals surface area contributed by atoms with Crippen molar-refractivity contribution in [1.82, 2.24) is 9.97 Å². The van der Waals surface area contributed by atoms with Crippen molar-refractivity contribution in [1.29, 1.82) is 0 Å². The fourth-order valence-corrected chi connectivity index (χ4v) is 4.04. The van der Waals surface area contributed by atoms with E-state index in [0.717, 1.165) is 17.0 Å². The highest BCUT2D eigenvalue weighted by molar-refractivity contribution is 8.23. The number of nitrogens with zero attached hydrogens (tertiary/aromatic N) is 2. The number of rotatable bonds is 9. The standard InChI is InChI=1S/C24H29N3O6S/c1-15-12-26-24(32-15)22-7-6-21(27-22)17-9-19(31-16(2)14-30-3)11-20(10-17)33-18-5-8-23(25-13-18)34(4,28)29/h5-11,13,15-16,27-29H,12,14H2,1-4H3/t15-,16-/m0/s1. The number of ether oxygens (including phenoxy) is 4. The molecule has 0 spiro atoms. The van der Waals surface area contributed by atoms with Gasteiger partial charge in [-0.05, 0) is 50.2 Å². The van der Waals surface area contributed by atoms with Crippen molar-refractivity contribution in [3.05, 3.63) is 54.4 Å². The molecule has 1 aliphatic rings. The van der Waals surface area contributed by atoms with E-state index in [1.165, 1.54) is 18.5 Å². The van der Waals surface area contributed by atoms with Crippen molar-refractivity contribution in [2.24, 2.45) is 4.99 Å². The molecule has 1 aliphatic heterocycles. The summed E-state index contributed by atoms with van der Waals surface area (Å²) >= 11 is 0. The van der Waals surface area contributed by atoms with Crippen LogP contribution in [-0.2, 0) is 9.47 Å². The van der Waals surface area contributed by atoms with Crippen molar-refractivity contribution < 1.29 is 28.1 Å². The van der Waals surface area contributed by atoms with Crippen LogP contribution < -0.4 is 9.47 Å². The molecular formula is C24H29N3O6S. The number of nitrogens with one attached hydrogen (secondary N) is 1. The monoisotopic (exact) mass is 487 g/mol. The Morgan fingerprint density at radius 3 is 2.53 bits per heavy atom. The molecule has 0 aliphatic carbocycles. The minimum absolute atomic E-state index is 0.0666. The van der Waals surface area contributed by atoms with Gasteiger partial charge in [0.05, 0.1) is 19.3 Å². The van der Waals surface area contributed by atoms with Crippen LogP contribution in [0.2, 0.25) is 0 Å². The second kappa shape index (κ2) is 10.1. The van der Waals surface area contributed by atoms with Crippen LogP contribution in [0, 0.1) is 0 Å². The lowest BCUT2D eigenvalue weighted by Gasteiger charge is -2.25. The highest BCUT2D eigenvalue weighted by Crippen LogP contribution is 2.43. The Morgan fingerprint density at radius 1 is 1.12 bits per heavy atom. The smallest absolute Gasteiger partial charge is 0.233 e. The van der Waals surface area contributed by atoms with Crippen molar-refractivity contribution in [2.75, 3.05) is 26.5 Å². The van der Waals surface area contributed by atoms with Crippen LogP contribution in [0.15, 0.2) is 58.7 Å². The third-order valence-corrected chi connectivity index (χ3v) is 6.03. The highest BCUT2D eigenvalue weighted by atomic mass is 32.3. The van der Waals surface area contributed by atoms with Gasteiger partial charge in [-0.1, -0.05) is 0 Å². The molecule has 0 radical (unpaired) electrons. The minimum Gasteiger partial charge on any atom is -0.488 e. The first-order chi connectivity index (χ1) is 16.2. The Kier molecular flexibility index (Phi) is 7.13. The Bertz CT molecular complexity index is 1160. The first-order valence-corrected chi connectivity index (χ1v) is 12.8. The van der Waals surface area contributed by atoms with E-state index in [0.29, 0.717) is 36.3 Å². The number of hydrogen-bond donors (Lipinski definition) is 3. The van der Waals surface area contributed by atoms with Crippen LogP contribution in [0.25, 0.3) is 11.3 Å². The third-order valence-electron chi connectivity index (χ3n) is 4.99. The van der Waals surface area contributed by atoms with E-state index in [2.05, 4.69) is 15.0 Å². The third kappa shape index (κ3) is 5.89. The number of pyridine rings is 1. The molecule has 0 saturated heterocycles. The molecule has 10 heteroatoms. The largest absolute Gasteiger partial charge is 0.488 e. The molecule has 4 rings (SSSR count). The summed E-state index contributed by atoms with van der Waals surface area (Å²) in [4.78, 5) is 11.9. The van der Waals surface area contributed by atoms with E-state index in [4.69, 9.17) is 18.9 Å². The SMILES string of the molecule is COC[C@H](C)Oc1cc(Oc2ccc(S(C)(O)O)nc2)cc(-c2ccc(C3=NC[C@H](C)O3)[nH]2)c1. The van der Waals surface area contributed by atoms with Gasteiger partial charge in [-0.15, -0.1) is 0 Å². The number of methoxy groups -OCH3 is 1. The number of aliphatic imine (C=N–C) groups is 1. The highest BCUT2D eigenvalue weighted by Gasteiger charge is 2.19. The summed E-state index contributed by atoms with van der Waals surface area (Å²) in [6, 6.07) is 12.6. The van der Waals surface area contributed by atoms with Crippen LogP contribution in [0.3, 0.4) is 0 Å². The van der Waals surface area contributed by atoms with Gasteiger partial charge >= 0.3 is 0 Å². The lowest BCUT2D eigenvalue weighted by atomic mass is 10.1. The van der Waals surface area contributed by atoms with Gasteiger partial charge in [0, 0.05) is 30.7 Å². The zero-order valence-corrected chi connectivity index (χ0v) is 20.3. The van der Waals surface area contributed by atoms with Gasteiger partial charge in [-0.25, -0.2) is 9.98 Å². The zero-order valence-electron chi connectivity index (χ0n) is 19.5. The fraction of sp³-hybridized carbons (Fsp3) is 0.333. The molecule has 9 nitrogen and oxygen atoms in total. The van der Waals surface area contributed by atoms with Gasteiger partial charge < -0.3 is 23.9 Å². The van der Waals surface area contributed by atoms with Crippen LogP contribution in [0.5, 0.6) is 17.2 Å². The predicted molar refractivity (Wildman–Crippen MR) is 131 cm³/mol. The number of aromatic nitrogens is 2. The second-order valence-electron chi connectivity index (χ2n) is 8.20. The van der Waals surface area contributed by atoms with E-state index < -0.39 is 10.6 Å². The summed E-state index contributed by atoms with van der Waals surface area (Å²) in [5, 5.41) is 0.205. The van der Waals surface area contributed by atoms with E-state index in [1.54, 1.807) is 19.2 Å². The summed E-state index contributed by atoms with van der Waals surface area (Å²) in [7, 11) is -1.26. The average molecular weight is 488 g/mol. The van der Waals surface area contributed by atoms with Crippen LogP contribution in [-0.4, -0.2) is 63.7 Å². The molecule has 3 aromatic rings. The molecule has 182 valence electrons. The summed E-state index contributed by atoms with van der Waals surface area (Å²) in [6.07, 6.45) is 2.69. The molecule has 0 fully saturated rings. The summed E-state index contributed by atoms with van der Waals surface area (Å²) in [5.41, 5.74) is 2.51. The maximum Gasteiger partial charge on any atom is 0.233 e. The Labute approximate surface area is 200 Å². The van der Waals surface area contributed by atoms with Gasteiger partial charge in [0.25, 0.3) is 0 Å². The Balaban J connectivity index is 1.62. The van der Waals surface area contributed by atoms with Crippen LogP contribution >= 0.6 is 10.6 Å². The number of hydrogen-bond acceptors (Lipinski definition) is 8. The summed E-state index contributed by atoms with van der Waals surface area (Å²) in [5.74, 6) is 2.21. The van der Waals surface area contributed by atoms with Crippen molar-refractivity contribution >= 4 is 16.5 Å². The van der Waals surface area contributed by atoms with E-state index >= 15 is 0 Å². The predicted octanol–water partition coefficient (Wildman–Crippen LogP) is 5.19.